The van der Waals surface area contributed by atoms with Crippen LogP contribution in [-0.4, -0.2) is 30.9 Å². The minimum Gasteiger partial charge on any atom is -0.353 e. The van der Waals surface area contributed by atoms with Gasteiger partial charge in [0, 0.05) is 18.8 Å². The number of piperazine rings is 1. The molecule has 0 radical (unpaired) electrons. The molecule has 5 nitrogen and oxygen atoms in total. The van der Waals surface area contributed by atoms with Crippen LogP contribution in [0.3, 0.4) is 0 Å². The maximum Gasteiger partial charge on any atom is 0.237 e. The molecule has 1 aliphatic heterocycles. The summed E-state index contributed by atoms with van der Waals surface area (Å²) in [6.45, 7) is 3.29. The number of anilines is 1. The van der Waals surface area contributed by atoms with Gasteiger partial charge in [-0.25, -0.2) is 0 Å². The smallest absolute Gasteiger partial charge is 0.237 e. The van der Waals surface area contributed by atoms with E-state index in [1.807, 2.05) is 31.2 Å². The van der Waals surface area contributed by atoms with Crippen LogP contribution in [0.25, 0.3) is 0 Å². The molecule has 1 saturated heterocycles. The van der Waals surface area contributed by atoms with Gasteiger partial charge < -0.3 is 16.0 Å². The Hall–Kier alpha value is -1.88. The number of benzene rings is 1. The van der Waals surface area contributed by atoms with Gasteiger partial charge in [0.1, 0.15) is 0 Å². The van der Waals surface area contributed by atoms with Crippen molar-refractivity contribution in [2.45, 2.75) is 19.4 Å². The lowest BCUT2D eigenvalue weighted by Crippen LogP contribution is -2.53. The molecule has 0 aliphatic carbocycles. The number of hydrogen-bond donors (Lipinski definition) is 3. The fraction of sp³-hybridized carbons (Fsp3) is 0.385. The molecular formula is C13H17N3O2. The second kappa shape index (κ2) is 5.64. The molecule has 1 aromatic carbocycles. The molecule has 5 heteroatoms. The normalized spacial score (nSPS) is 19.2. The summed E-state index contributed by atoms with van der Waals surface area (Å²) in [6.07, 6.45) is 0.153. The van der Waals surface area contributed by atoms with Crippen molar-refractivity contribution < 1.29 is 9.59 Å². The molecular weight excluding hydrogens is 230 g/mol. The van der Waals surface area contributed by atoms with E-state index in [9.17, 15) is 9.59 Å². The van der Waals surface area contributed by atoms with Crippen molar-refractivity contribution >= 4 is 17.5 Å². The largest absolute Gasteiger partial charge is 0.353 e. The Morgan fingerprint density at radius 2 is 2.28 bits per heavy atom. The van der Waals surface area contributed by atoms with E-state index in [1.165, 1.54) is 0 Å². The molecule has 3 N–H and O–H groups in total. The first kappa shape index (κ1) is 12.6. The zero-order valence-electron chi connectivity index (χ0n) is 10.3. The predicted molar refractivity (Wildman–Crippen MR) is 69.2 cm³/mol. The van der Waals surface area contributed by atoms with Crippen molar-refractivity contribution in [2.24, 2.45) is 0 Å². The zero-order chi connectivity index (χ0) is 13.0. The maximum atomic E-state index is 11.8. The van der Waals surface area contributed by atoms with Crippen LogP contribution >= 0.6 is 0 Å². The van der Waals surface area contributed by atoms with Crippen molar-refractivity contribution in [1.29, 1.82) is 0 Å². The SMILES string of the molecule is Cc1cccc(NC(=O)C[C@@H]2NCCNC2=O)c1. The molecule has 0 saturated carbocycles. The van der Waals surface area contributed by atoms with Crippen LogP contribution in [-0.2, 0) is 9.59 Å². The molecule has 96 valence electrons. The van der Waals surface area contributed by atoms with Crippen LogP contribution in [0.2, 0.25) is 0 Å². The first-order valence-corrected chi connectivity index (χ1v) is 6.03. The predicted octanol–water partition coefficient (Wildman–Crippen LogP) is 0.412. The van der Waals surface area contributed by atoms with E-state index in [1.54, 1.807) is 0 Å². The quantitative estimate of drug-likeness (QED) is 0.724. The Balaban J connectivity index is 1.90. The number of hydrogen-bond acceptors (Lipinski definition) is 3. The average molecular weight is 247 g/mol. The molecule has 1 heterocycles. The van der Waals surface area contributed by atoms with E-state index >= 15 is 0 Å². The first-order valence-electron chi connectivity index (χ1n) is 6.03. The van der Waals surface area contributed by atoms with Crippen molar-refractivity contribution in [3.8, 4) is 0 Å². The number of amides is 2. The molecule has 0 aromatic heterocycles. The van der Waals surface area contributed by atoms with Crippen LogP contribution in [0.5, 0.6) is 0 Å². The fourth-order valence-electron chi connectivity index (χ4n) is 1.93. The second-order valence-corrected chi connectivity index (χ2v) is 4.42. The third kappa shape index (κ3) is 3.30. The third-order valence-electron chi connectivity index (χ3n) is 2.82. The van der Waals surface area contributed by atoms with Gasteiger partial charge in [-0.05, 0) is 24.6 Å². The van der Waals surface area contributed by atoms with E-state index in [0.29, 0.717) is 13.1 Å². The van der Waals surface area contributed by atoms with Gasteiger partial charge in [-0.15, -0.1) is 0 Å². The van der Waals surface area contributed by atoms with Gasteiger partial charge in [0.25, 0.3) is 0 Å². The highest BCUT2D eigenvalue weighted by Gasteiger charge is 2.23. The molecule has 18 heavy (non-hydrogen) atoms. The molecule has 0 spiro atoms. The van der Waals surface area contributed by atoms with Crippen molar-refractivity contribution in [1.82, 2.24) is 10.6 Å². The maximum absolute atomic E-state index is 11.8. The first-order chi connectivity index (χ1) is 8.65. The van der Waals surface area contributed by atoms with E-state index in [4.69, 9.17) is 0 Å². The summed E-state index contributed by atoms with van der Waals surface area (Å²) < 4.78 is 0. The van der Waals surface area contributed by atoms with E-state index in [0.717, 1.165) is 11.3 Å². The molecule has 2 amide bonds. The molecule has 1 fully saturated rings. The minimum absolute atomic E-state index is 0.111. The molecule has 1 aromatic rings. The second-order valence-electron chi connectivity index (χ2n) is 4.42. The third-order valence-corrected chi connectivity index (χ3v) is 2.82. The van der Waals surface area contributed by atoms with Gasteiger partial charge in [-0.2, -0.15) is 0 Å². The lowest BCUT2D eigenvalue weighted by atomic mass is 10.1. The molecule has 1 aliphatic rings. The number of carbonyl (C=O) groups is 2. The standard InChI is InChI=1S/C13H17N3O2/c1-9-3-2-4-10(7-9)16-12(17)8-11-13(18)15-6-5-14-11/h2-4,7,11,14H,5-6,8H2,1H3,(H,15,18)(H,16,17)/t11-/m0/s1. The van der Waals surface area contributed by atoms with Gasteiger partial charge in [0.2, 0.25) is 11.8 Å². The van der Waals surface area contributed by atoms with Crippen LogP contribution in [0.1, 0.15) is 12.0 Å². The molecule has 2 rings (SSSR count). The Morgan fingerprint density at radius 3 is 3.00 bits per heavy atom. The van der Waals surface area contributed by atoms with E-state index in [-0.39, 0.29) is 18.2 Å². The van der Waals surface area contributed by atoms with E-state index in [2.05, 4.69) is 16.0 Å². The summed E-state index contributed by atoms with van der Waals surface area (Å²) in [5.74, 6) is -0.268. The van der Waals surface area contributed by atoms with Gasteiger partial charge in [0.05, 0.1) is 12.5 Å². The topological polar surface area (TPSA) is 70.2 Å². The van der Waals surface area contributed by atoms with Gasteiger partial charge in [-0.3, -0.25) is 9.59 Å². The van der Waals surface area contributed by atoms with Crippen LogP contribution in [0.4, 0.5) is 5.69 Å². The summed E-state index contributed by atoms with van der Waals surface area (Å²) in [4.78, 5) is 23.3. The van der Waals surface area contributed by atoms with Gasteiger partial charge in [-0.1, -0.05) is 12.1 Å². The summed E-state index contributed by atoms with van der Waals surface area (Å²) in [6, 6.07) is 7.15. The highest BCUT2D eigenvalue weighted by atomic mass is 16.2. The van der Waals surface area contributed by atoms with Gasteiger partial charge >= 0.3 is 0 Å². The van der Waals surface area contributed by atoms with Crippen LogP contribution in [0, 0.1) is 6.92 Å². The van der Waals surface area contributed by atoms with Crippen molar-refractivity contribution in [3.63, 3.8) is 0 Å². The van der Waals surface area contributed by atoms with Crippen molar-refractivity contribution in [2.75, 3.05) is 18.4 Å². The van der Waals surface area contributed by atoms with Crippen LogP contribution < -0.4 is 16.0 Å². The minimum atomic E-state index is -0.427. The average Bonchev–Trinajstić information content (AvgIpc) is 2.32. The lowest BCUT2D eigenvalue weighted by Gasteiger charge is -2.22. The Labute approximate surface area is 106 Å². The monoisotopic (exact) mass is 247 g/mol. The summed E-state index contributed by atoms with van der Waals surface area (Å²) in [5.41, 5.74) is 1.84. The number of rotatable bonds is 3. The summed E-state index contributed by atoms with van der Waals surface area (Å²) >= 11 is 0. The lowest BCUT2D eigenvalue weighted by molar-refractivity contribution is -0.127. The van der Waals surface area contributed by atoms with Crippen molar-refractivity contribution in [3.05, 3.63) is 29.8 Å². The van der Waals surface area contributed by atoms with Gasteiger partial charge in [0.15, 0.2) is 0 Å². The highest BCUT2D eigenvalue weighted by molar-refractivity contribution is 5.95. The van der Waals surface area contributed by atoms with E-state index < -0.39 is 6.04 Å². The number of carbonyl (C=O) groups excluding carboxylic acids is 2. The summed E-state index contributed by atoms with van der Waals surface area (Å²) in [7, 11) is 0. The molecule has 1 atom stereocenters. The Kier molecular flexibility index (Phi) is 3.94. The summed E-state index contributed by atoms with van der Waals surface area (Å²) in [5, 5.41) is 8.54. The number of aryl methyl sites for hydroxylation is 1. The Bertz CT molecular complexity index is 459. The Morgan fingerprint density at radius 1 is 1.44 bits per heavy atom. The molecule has 0 unspecified atom stereocenters. The number of nitrogens with one attached hydrogen (secondary N) is 3. The van der Waals surface area contributed by atoms with Crippen LogP contribution in [0.15, 0.2) is 24.3 Å². The fourth-order valence-corrected chi connectivity index (χ4v) is 1.93. The molecule has 0 bridgehead atoms. The zero-order valence-corrected chi connectivity index (χ0v) is 10.3. The highest BCUT2D eigenvalue weighted by Crippen LogP contribution is 2.10.